The molecule has 76 valence electrons. The number of unbranched alkanes of at least 4 members (excludes halogenated alkanes) is 1. The Hall–Kier alpha value is -1.51. The third-order valence-corrected chi connectivity index (χ3v) is 1.69. The molecular formula is C11H14O3. The van der Waals surface area contributed by atoms with Crippen LogP contribution in [0.2, 0.25) is 0 Å². The molecule has 1 rings (SSSR count). The average molecular weight is 194 g/mol. The monoisotopic (exact) mass is 194 g/mol. The van der Waals surface area contributed by atoms with Crippen molar-refractivity contribution in [2.45, 2.75) is 19.8 Å². The van der Waals surface area contributed by atoms with Gasteiger partial charge >= 0.3 is 5.63 Å². The molecule has 0 radical (unpaired) electrons. The Morgan fingerprint density at radius 2 is 2.36 bits per heavy atom. The number of allylic oxidation sites excluding steroid dienone is 1. The van der Waals surface area contributed by atoms with Crippen LogP contribution in [0.4, 0.5) is 0 Å². The minimum absolute atomic E-state index is 0.372. The molecule has 0 aliphatic heterocycles. The van der Waals surface area contributed by atoms with Gasteiger partial charge in [0, 0.05) is 6.07 Å². The first kappa shape index (κ1) is 10.6. The number of hydrogen-bond donors (Lipinski definition) is 0. The van der Waals surface area contributed by atoms with E-state index in [0.29, 0.717) is 18.1 Å². The number of rotatable bonds is 5. The summed E-state index contributed by atoms with van der Waals surface area (Å²) in [6.07, 6.45) is 3.66. The average Bonchev–Trinajstić information content (AvgIpc) is 2.11. The second-order valence-electron chi connectivity index (χ2n) is 3.00. The fraction of sp³-hybridized carbons (Fsp3) is 0.364. The van der Waals surface area contributed by atoms with Crippen molar-refractivity contribution in [2.24, 2.45) is 0 Å². The Balaban J connectivity index is 2.50. The molecule has 1 aromatic rings. The Morgan fingerprint density at radius 1 is 1.57 bits per heavy atom. The molecule has 0 bridgehead atoms. The van der Waals surface area contributed by atoms with E-state index in [0.717, 1.165) is 12.8 Å². The van der Waals surface area contributed by atoms with Crippen LogP contribution in [-0.2, 0) is 0 Å². The Kier molecular flexibility index (Phi) is 3.98. The maximum absolute atomic E-state index is 10.9. The predicted molar refractivity (Wildman–Crippen MR) is 54.6 cm³/mol. The summed E-state index contributed by atoms with van der Waals surface area (Å²) < 4.78 is 10.2. The zero-order valence-electron chi connectivity index (χ0n) is 8.29. The molecule has 0 aromatic carbocycles. The van der Waals surface area contributed by atoms with E-state index in [-0.39, 0.29) is 5.63 Å². The summed E-state index contributed by atoms with van der Waals surface area (Å²) in [5.41, 5.74) is -0.372. The highest BCUT2D eigenvalue weighted by atomic mass is 16.5. The lowest BCUT2D eigenvalue weighted by Gasteiger charge is -2.04. The van der Waals surface area contributed by atoms with E-state index in [9.17, 15) is 4.79 Å². The van der Waals surface area contributed by atoms with Crippen LogP contribution in [0.1, 0.15) is 18.6 Å². The lowest BCUT2D eigenvalue weighted by Crippen LogP contribution is -2.02. The summed E-state index contributed by atoms with van der Waals surface area (Å²) in [4.78, 5) is 10.9. The summed E-state index contributed by atoms with van der Waals surface area (Å²) in [7, 11) is 0. The number of aryl methyl sites for hydroxylation is 1. The van der Waals surface area contributed by atoms with Crippen LogP contribution in [0.25, 0.3) is 0 Å². The van der Waals surface area contributed by atoms with Gasteiger partial charge in [-0.2, -0.15) is 0 Å². The van der Waals surface area contributed by atoms with Crippen LogP contribution in [-0.4, -0.2) is 6.61 Å². The van der Waals surface area contributed by atoms with Gasteiger partial charge in [0.05, 0.1) is 12.7 Å². The lowest BCUT2D eigenvalue weighted by molar-refractivity contribution is 0.306. The summed E-state index contributed by atoms with van der Waals surface area (Å²) in [6, 6.07) is 3.05. The molecule has 14 heavy (non-hydrogen) atoms. The van der Waals surface area contributed by atoms with Gasteiger partial charge in [0.2, 0.25) is 0 Å². The molecule has 0 spiro atoms. The molecule has 1 heterocycles. The molecular weight excluding hydrogens is 180 g/mol. The van der Waals surface area contributed by atoms with Crippen molar-refractivity contribution in [3.8, 4) is 5.75 Å². The topological polar surface area (TPSA) is 39.4 Å². The van der Waals surface area contributed by atoms with E-state index in [1.807, 2.05) is 6.08 Å². The quantitative estimate of drug-likeness (QED) is 0.533. The number of ether oxygens (including phenoxy) is 1. The maximum Gasteiger partial charge on any atom is 0.339 e. The van der Waals surface area contributed by atoms with E-state index in [1.165, 1.54) is 6.07 Å². The molecule has 0 fully saturated rings. The largest absolute Gasteiger partial charge is 0.493 e. The van der Waals surface area contributed by atoms with Gasteiger partial charge in [-0.25, -0.2) is 4.79 Å². The van der Waals surface area contributed by atoms with Crippen molar-refractivity contribution in [1.29, 1.82) is 0 Å². The Labute approximate surface area is 83.0 Å². The van der Waals surface area contributed by atoms with Gasteiger partial charge in [-0.1, -0.05) is 6.08 Å². The fourth-order valence-electron chi connectivity index (χ4n) is 1.08. The minimum Gasteiger partial charge on any atom is -0.493 e. The predicted octanol–water partition coefficient (Wildman–Crippen LogP) is 2.29. The molecule has 0 aliphatic rings. The van der Waals surface area contributed by atoms with Crippen molar-refractivity contribution in [3.05, 3.63) is 41.0 Å². The number of hydrogen-bond acceptors (Lipinski definition) is 3. The zero-order valence-corrected chi connectivity index (χ0v) is 8.29. The van der Waals surface area contributed by atoms with Gasteiger partial charge in [0.15, 0.2) is 0 Å². The first-order chi connectivity index (χ1) is 6.72. The zero-order chi connectivity index (χ0) is 10.4. The third-order valence-electron chi connectivity index (χ3n) is 1.69. The standard InChI is InChI=1S/C11H14O3/c1-3-4-5-6-13-10-7-9(2)14-11(12)8-10/h3,7-8H,1,4-6H2,2H3. The van der Waals surface area contributed by atoms with Crippen LogP contribution >= 0.6 is 0 Å². The lowest BCUT2D eigenvalue weighted by atomic mass is 10.3. The van der Waals surface area contributed by atoms with Gasteiger partial charge in [0.1, 0.15) is 11.5 Å². The molecule has 0 atom stereocenters. The van der Waals surface area contributed by atoms with Gasteiger partial charge in [-0.15, -0.1) is 6.58 Å². The van der Waals surface area contributed by atoms with E-state index in [4.69, 9.17) is 9.15 Å². The van der Waals surface area contributed by atoms with Crippen molar-refractivity contribution in [2.75, 3.05) is 6.61 Å². The molecule has 3 heteroatoms. The second kappa shape index (κ2) is 5.27. The van der Waals surface area contributed by atoms with Gasteiger partial charge < -0.3 is 9.15 Å². The van der Waals surface area contributed by atoms with Gasteiger partial charge in [-0.3, -0.25) is 0 Å². The second-order valence-corrected chi connectivity index (χ2v) is 3.00. The van der Waals surface area contributed by atoms with Gasteiger partial charge in [-0.05, 0) is 19.8 Å². The Morgan fingerprint density at radius 3 is 3.00 bits per heavy atom. The van der Waals surface area contributed by atoms with Crippen LogP contribution < -0.4 is 10.4 Å². The van der Waals surface area contributed by atoms with E-state index < -0.39 is 0 Å². The molecule has 1 aromatic heterocycles. The molecule has 3 nitrogen and oxygen atoms in total. The highest BCUT2D eigenvalue weighted by molar-refractivity contribution is 5.19. The molecule has 0 aliphatic carbocycles. The smallest absolute Gasteiger partial charge is 0.339 e. The molecule has 0 unspecified atom stereocenters. The summed E-state index contributed by atoms with van der Waals surface area (Å²) in [5, 5.41) is 0. The third kappa shape index (κ3) is 3.47. The first-order valence-corrected chi connectivity index (χ1v) is 4.58. The highest BCUT2D eigenvalue weighted by Crippen LogP contribution is 2.09. The van der Waals surface area contributed by atoms with Crippen molar-refractivity contribution >= 4 is 0 Å². The van der Waals surface area contributed by atoms with E-state index >= 15 is 0 Å². The van der Waals surface area contributed by atoms with Crippen LogP contribution in [0.5, 0.6) is 5.75 Å². The molecule has 0 saturated heterocycles. The van der Waals surface area contributed by atoms with E-state index in [1.54, 1.807) is 13.0 Å². The highest BCUT2D eigenvalue weighted by Gasteiger charge is 1.98. The SMILES string of the molecule is C=CCCCOc1cc(C)oc(=O)c1. The van der Waals surface area contributed by atoms with Crippen molar-refractivity contribution < 1.29 is 9.15 Å². The van der Waals surface area contributed by atoms with Crippen LogP contribution in [0.15, 0.2) is 34.0 Å². The summed E-state index contributed by atoms with van der Waals surface area (Å²) in [6.45, 7) is 5.93. The summed E-state index contributed by atoms with van der Waals surface area (Å²) in [5.74, 6) is 1.14. The fourth-order valence-corrected chi connectivity index (χ4v) is 1.08. The molecule has 0 saturated carbocycles. The minimum atomic E-state index is -0.372. The molecule has 0 amide bonds. The van der Waals surface area contributed by atoms with Gasteiger partial charge in [0.25, 0.3) is 0 Å². The Bertz CT molecular complexity index is 352. The normalized spacial score (nSPS) is 9.79. The maximum atomic E-state index is 10.9. The van der Waals surface area contributed by atoms with Crippen molar-refractivity contribution in [1.82, 2.24) is 0 Å². The summed E-state index contributed by atoms with van der Waals surface area (Å²) >= 11 is 0. The van der Waals surface area contributed by atoms with Crippen molar-refractivity contribution in [3.63, 3.8) is 0 Å². The van der Waals surface area contributed by atoms with Crippen LogP contribution in [0, 0.1) is 6.92 Å². The first-order valence-electron chi connectivity index (χ1n) is 4.58. The van der Waals surface area contributed by atoms with E-state index in [2.05, 4.69) is 6.58 Å². The molecule has 0 N–H and O–H groups in total. The van der Waals surface area contributed by atoms with Crippen LogP contribution in [0.3, 0.4) is 0 Å².